The molecule has 0 aliphatic rings. The van der Waals surface area contributed by atoms with Gasteiger partial charge in [0.2, 0.25) is 0 Å². The predicted octanol–water partition coefficient (Wildman–Crippen LogP) is 6.15. The molecule has 0 saturated carbocycles. The second-order valence-corrected chi connectivity index (χ2v) is 7.62. The Balaban J connectivity index is 1.67. The first-order chi connectivity index (χ1) is 16.2. The largest absolute Gasteiger partial charge is 0.452 e. The van der Waals surface area contributed by atoms with Crippen molar-refractivity contribution in [2.75, 3.05) is 17.2 Å². The fraction of sp³-hybridized carbons (Fsp3) is 0.240. The molecule has 9 heteroatoms. The summed E-state index contributed by atoms with van der Waals surface area (Å²) in [5.41, 5.74) is 0.859. The van der Waals surface area contributed by atoms with Gasteiger partial charge in [-0.1, -0.05) is 38.1 Å². The Morgan fingerprint density at radius 1 is 1.06 bits per heavy atom. The normalized spacial score (nSPS) is 12.0. The molecule has 34 heavy (non-hydrogen) atoms. The summed E-state index contributed by atoms with van der Waals surface area (Å²) in [5.74, 6) is -1.11. The van der Waals surface area contributed by atoms with Gasteiger partial charge >= 0.3 is 12.1 Å². The van der Waals surface area contributed by atoms with Crippen molar-refractivity contribution in [1.29, 1.82) is 0 Å². The van der Waals surface area contributed by atoms with E-state index in [-0.39, 0.29) is 23.0 Å². The minimum absolute atomic E-state index is 0.00866. The van der Waals surface area contributed by atoms with E-state index in [2.05, 4.69) is 15.6 Å². The molecule has 0 fully saturated rings. The van der Waals surface area contributed by atoms with Gasteiger partial charge < -0.3 is 15.4 Å². The number of rotatable bonds is 8. The molecule has 3 aromatic rings. The fourth-order valence-corrected chi connectivity index (χ4v) is 3.24. The average Bonchev–Trinajstić information content (AvgIpc) is 2.82. The van der Waals surface area contributed by atoms with Gasteiger partial charge in [-0.05, 0) is 54.3 Å². The Morgan fingerprint density at radius 3 is 2.56 bits per heavy atom. The van der Waals surface area contributed by atoms with Crippen molar-refractivity contribution in [3.8, 4) is 0 Å². The number of carbonyl (C=O) groups excluding carboxylic acids is 2. The van der Waals surface area contributed by atoms with Gasteiger partial charge in [0.15, 0.2) is 6.61 Å². The molecule has 1 heterocycles. The molecule has 0 saturated heterocycles. The number of hydrogen-bond donors (Lipinski definition) is 2. The Hall–Kier alpha value is -3.88. The van der Waals surface area contributed by atoms with Crippen LogP contribution < -0.4 is 10.6 Å². The molecule has 1 unspecified atom stereocenters. The molecule has 0 aliphatic carbocycles. The third-order valence-corrected chi connectivity index (χ3v) is 5.19. The molecule has 0 bridgehead atoms. The lowest BCUT2D eigenvalue weighted by Gasteiger charge is -2.16. The third kappa shape index (κ3) is 6.34. The zero-order chi connectivity index (χ0) is 24.7. The van der Waals surface area contributed by atoms with Crippen molar-refractivity contribution < 1.29 is 27.5 Å². The number of benzene rings is 2. The number of nitrogens with zero attached hydrogens (tertiary/aromatic N) is 1. The topological polar surface area (TPSA) is 80.3 Å². The summed E-state index contributed by atoms with van der Waals surface area (Å²) in [6, 6.07) is 14.8. The number of para-hydroxylation sites is 1. The lowest BCUT2D eigenvalue weighted by molar-refractivity contribution is -0.137. The van der Waals surface area contributed by atoms with E-state index >= 15 is 0 Å². The number of nitrogens with one attached hydrogen (secondary N) is 2. The van der Waals surface area contributed by atoms with Gasteiger partial charge in [0.1, 0.15) is 11.4 Å². The summed E-state index contributed by atoms with van der Waals surface area (Å²) < 4.78 is 44.1. The molecule has 0 spiro atoms. The molecule has 0 radical (unpaired) electrons. The lowest BCUT2D eigenvalue weighted by atomic mass is 9.97. The van der Waals surface area contributed by atoms with Gasteiger partial charge in [0.25, 0.3) is 5.91 Å². The highest BCUT2D eigenvalue weighted by Gasteiger charge is 2.30. The van der Waals surface area contributed by atoms with E-state index in [1.165, 1.54) is 30.5 Å². The van der Waals surface area contributed by atoms with Crippen LogP contribution in [0.4, 0.5) is 30.4 Å². The van der Waals surface area contributed by atoms with Gasteiger partial charge in [-0.2, -0.15) is 13.2 Å². The van der Waals surface area contributed by atoms with E-state index in [4.69, 9.17) is 4.74 Å². The van der Waals surface area contributed by atoms with Gasteiger partial charge in [-0.3, -0.25) is 4.79 Å². The number of halogens is 3. The number of alkyl halides is 3. The van der Waals surface area contributed by atoms with Crippen LogP contribution in [-0.4, -0.2) is 23.5 Å². The zero-order valence-electron chi connectivity index (χ0n) is 18.6. The van der Waals surface area contributed by atoms with Crippen molar-refractivity contribution in [2.45, 2.75) is 32.4 Å². The summed E-state index contributed by atoms with van der Waals surface area (Å²) in [6.45, 7) is 3.56. The summed E-state index contributed by atoms with van der Waals surface area (Å²) in [5, 5.41) is 5.46. The maximum Gasteiger partial charge on any atom is 0.416 e. The van der Waals surface area contributed by atoms with Crippen LogP contribution in [0.1, 0.15) is 47.7 Å². The second kappa shape index (κ2) is 10.8. The van der Waals surface area contributed by atoms with Crippen LogP contribution in [0.5, 0.6) is 0 Å². The number of esters is 1. The number of carbonyl (C=O) groups is 2. The number of amides is 1. The molecule has 6 nitrogen and oxygen atoms in total. The standard InChI is InChI=1S/C25H24F3N3O3/c1-3-16(2)19-10-4-5-12-21(19)31-22(32)15-34-24(33)20-11-7-13-29-23(20)30-18-9-6-8-17(14-18)25(26,27)28/h4-14,16H,3,15H2,1-2H3,(H,29,30)(H,31,32). The fourth-order valence-electron chi connectivity index (χ4n) is 3.24. The summed E-state index contributed by atoms with van der Waals surface area (Å²) >= 11 is 0. The smallest absolute Gasteiger partial charge is 0.416 e. The molecule has 2 N–H and O–H groups in total. The molecule has 1 atom stereocenters. The Labute approximate surface area is 195 Å². The predicted molar refractivity (Wildman–Crippen MR) is 123 cm³/mol. The van der Waals surface area contributed by atoms with E-state index in [0.29, 0.717) is 5.69 Å². The van der Waals surface area contributed by atoms with E-state index in [1.807, 2.05) is 26.0 Å². The number of ether oxygens (including phenoxy) is 1. The van der Waals surface area contributed by atoms with Crippen molar-refractivity contribution in [3.05, 3.63) is 83.6 Å². The van der Waals surface area contributed by atoms with E-state index in [9.17, 15) is 22.8 Å². The van der Waals surface area contributed by atoms with Gasteiger partial charge in [0, 0.05) is 17.6 Å². The van der Waals surface area contributed by atoms with E-state index < -0.39 is 30.2 Å². The SMILES string of the molecule is CCC(C)c1ccccc1NC(=O)COC(=O)c1cccnc1Nc1cccc(C(F)(F)F)c1. The van der Waals surface area contributed by atoms with E-state index in [0.717, 1.165) is 24.1 Å². The average molecular weight is 471 g/mol. The molecule has 178 valence electrons. The van der Waals surface area contributed by atoms with Crippen LogP contribution in [0.15, 0.2) is 66.9 Å². The molecule has 1 amide bonds. The van der Waals surface area contributed by atoms with Crippen LogP contribution in [0.25, 0.3) is 0 Å². The van der Waals surface area contributed by atoms with Crippen molar-refractivity contribution in [3.63, 3.8) is 0 Å². The van der Waals surface area contributed by atoms with Crippen molar-refractivity contribution in [1.82, 2.24) is 4.98 Å². The first-order valence-electron chi connectivity index (χ1n) is 10.6. The maximum absolute atomic E-state index is 13.0. The number of anilines is 3. The highest BCUT2D eigenvalue weighted by Crippen LogP contribution is 2.31. The van der Waals surface area contributed by atoms with Crippen LogP contribution in [-0.2, 0) is 15.7 Å². The quantitative estimate of drug-likeness (QED) is 0.385. The molecule has 2 aromatic carbocycles. The molecular weight excluding hydrogens is 447 g/mol. The van der Waals surface area contributed by atoms with Crippen LogP contribution >= 0.6 is 0 Å². The highest BCUT2D eigenvalue weighted by molar-refractivity contribution is 5.98. The molecule has 3 rings (SSSR count). The zero-order valence-corrected chi connectivity index (χ0v) is 18.6. The summed E-state index contributed by atoms with van der Waals surface area (Å²) in [4.78, 5) is 29.0. The number of hydrogen-bond acceptors (Lipinski definition) is 5. The van der Waals surface area contributed by atoms with Crippen molar-refractivity contribution >= 4 is 29.1 Å². The molecule has 1 aromatic heterocycles. The van der Waals surface area contributed by atoms with Crippen molar-refractivity contribution in [2.24, 2.45) is 0 Å². The number of aromatic nitrogens is 1. The number of pyridine rings is 1. The summed E-state index contributed by atoms with van der Waals surface area (Å²) in [7, 11) is 0. The van der Waals surface area contributed by atoms with Crippen LogP contribution in [0, 0.1) is 0 Å². The Morgan fingerprint density at radius 2 is 1.82 bits per heavy atom. The molecule has 0 aliphatic heterocycles. The third-order valence-electron chi connectivity index (χ3n) is 5.19. The van der Waals surface area contributed by atoms with Gasteiger partial charge in [-0.25, -0.2) is 9.78 Å². The monoisotopic (exact) mass is 471 g/mol. The first kappa shape index (κ1) is 24.8. The van der Waals surface area contributed by atoms with Gasteiger partial charge in [-0.15, -0.1) is 0 Å². The first-order valence-corrected chi connectivity index (χ1v) is 10.6. The minimum Gasteiger partial charge on any atom is -0.452 e. The van der Waals surface area contributed by atoms with Gasteiger partial charge in [0.05, 0.1) is 5.56 Å². The Bertz CT molecular complexity index is 1170. The van der Waals surface area contributed by atoms with E-state index in [1.54, 1.807) is 12.1 Å². The second-order valence-electron chi connectivity index (χ2n) is 7.62. The maximum atomic E-state index is 13.0. The summed E-state index contributed by atoms with van der Waals surface area (Å²) in [6.07, 6.45) is -2.24. The highest BCUT2D eigenvalue weighted by atomic mass is 19.4. The lowest BCUT2D eigenvalue weighted by Crippen LogP contribution is -2.22. The minimum atomic E-state index is -4.51. The van der Waals surface area contributed by atoms with Crippen LogP contribution in [0.3, 0.4) is 0 Å². The molecular formula is C25H24F3N3O3. The van der Waals surface area contributed by atoms with Crippen LogP contribution in [0.2, 0.25) is 0 Å². The Kier molecular flexibility index (Phi) is 7.88.